The summed E-state index contributed by atoms with van der Waals surface area (Å²) in [6.45, 7) is 3.69. The Kier molecular flexibility index (Phi) is 6.44. The third-order valence-electron chi connectivity index (χ3n) is 3.96. The zero-order valence-electron chi connectivity index (χ0n) is 13.3. The van der Waals surface area contributed by atoms with E-state index in [2.05, 4.69) is 36.5 Å². The van der Waals surface area contributed by atoms with Gasteiger partial charge in [0, 0.05) is 6.54 Å². The maximum absolute atomic E-state index is 10.2. The van der Waals surface area contributed by atoms with Crippen LogP contribution in [0, 0.1) is 0 Å². The predicted octanol–water partition coefficient (Wildman–Crippen LogP) is 3.51. The molecule has 3 nitrogen and oxygen atoms in total. The molecule has 0 spiro atoms. The molecule has 0 aromatic heterocycles. The summed E-state index contributed by atoms with van der Waals surface area (Å²) in [5.41, 5.74) is 2.27. The highest BCUT2D eigenvalue weighted by Gasteiger charge is 2.08. The molecular weight excluding hydrogens is 274 g/mol. The van der Waals surface area contributed by atoms with Gasteiger partial charge in [0.05, 0.1) is 13.2 Å². The molecule has 2 aromatic rings. The van der Waals surface area contributed by atoms with Crippen molar-refractivity contribution in [1.29, 1.82) is 0 Å². The molecule has 2 atom stereocenters. The maximum atomic E-state index is 10.2. The minimum absolute atomic E-state index is 0.488. The van der Waals surface area contributed by atoms with Crippen LogP contribution >= 0.6 is 0 Å². The fourth-order valence-electron chi connectivity index (χ4n) is 2.45. The molecule has 0 heterocycles. The van der Waals surface area contributed by atoms with Crippen LogP contribution in [0.2, 0.25) is 0 Å². The highest BCUT2D eigenvalue weighted by molar-refractivity contribution is 5.28. The number of rotatable bonds is 8. The number of methoxy groups -OCH3 is 1. The molecule has 0 aliphatic heterocycles. The van der Waals surface area contributed by atoms with Gasteiger partial charge in [-0.25, -0.2) is 0 Å². The van der Waals surface area contributed by atoms with E-state index in [1.165, 1.54) is 5.56 Å². The van der Waals surface area contributed by atoms with E-state index in [9.17, 15) is 5.11 Å². The lowest BCUT2D eigenvalue weighted by atomic mass is 9.98. The summed E-state index contributed by atoms with van der Waals surface area (Å²) in [4.78, 5) is 0. The monoisotopic (exact) mass is 299 g/mol. The fraction of sp³-hybridized carbons (Fsp3) is 0.368. The number of ether oxygens (including phenoxy) is 1. The quantitative estimate of drug-likeness (QED) is 0.733. The summed E-state index contributed by atoms with van der Waals surface area (Å²) in [5, 5.41) is 13.5. The van der Waals surface area contributed by atoms with Gasteiger partial charge in [0.15, 0.2) is 0 Å². The molecule has 2 aromatic carbocycles. The first kappa shape index (κ1) is 16.5. The third-order valence-corrected chi connectivity index (χ3v) is 3.96. The van der Waals surface area contributed by atoms with Crippen molar-refractivity contribution in [1.82, 2.24) is 5.32 Å². The van der Waals surface area contributed by atoms with Gasteiger partial charge >= 0.3 is 0 Å². The Bertz CT molecular complexity index is 539. The van der Waals surface area contributed by atoms with E-state index in [4.69, 9.17) is 4.74 Å². The van der Waals surface area contributed by atoms with Crippen LogP contribution in [0.3, 0.4) is 0 Å². The van der Waals surface area contributed by atoms with Crippen molar-refractivity contribution in [2.24, 2.45) is 0 Å². The van der Waals surface area contributed by atoms with Crippen LogP contribution in [0.5, 0.6) is 5.75 Å². The molecule has 118 valence electrons. The Hall–Kier alpha value is -1.84. The molecule has 0 radical (unpaired) electrons. The predicted molar refractivity (Wildman–Crippen MR) is 90.3 cm³/mol. The van der Waals surface area contributed by atoms with Crippen LogP contribution in [0.25, 0.3) is 0 Å². The van der Waals surface area contributed by atoms with Crippen molar-refractivity contribution >= 4 is 0 Å². The Labute approximate surface area is 133 Å². The first-order chi connectivity index (χ1) is 10.7. The van der Waals surface area contributed by atoms with E-state index in [1.54, 1.807) is 7.11 Å². The summed E-state index contributed by atoms with van der Waals surface area (Å²) in [6, 6.07) is 18.1. The van der Waals surface area contributed by atoms with Crippen LogP contribution in [0.15, 0.2) is 54.6 Å². The molecule has 0 saturated heterocycles. The van der Waals surface area contributed by atoms with Crippen molar-refractivity contribution < 1.29 is 9.84 Å². The summed E-state index contributed by atoms with van der Waals surface area (Å²) < 4.78 is 5.12. The van der Waals surface area contributed by atoms with Gasteiger partial charge in [-0.05, 0) is 42.1 Å². The van der Waals surface area contributed by atoms with E-state index in [0.29, 0.717) is 12.5 Å². The van der Waals surface area contributed by atoms with Crippen molar-refractivity contribution in [3.63, 3.8) is 0 Å². The van der Waals surface area contributed by atoms with Crippen LogP contribution < -0.4 is 10.1 Å². The molecule has 0 aliphatic carbocycles. The number of nitrogens with one attached hydrogen (secondary N) is 1. The molecule has 2 N–H and O–H groups in total. The average molecular weight is 299 g/mol. The topological polar surface area (TPSA) is 41.5 Å². The molecule has 0 amide bonds. The van der Waals surface area contributed by atoms with Gasteiger partial charge in [0.2, 0.25) is 0 Å². The molecule has 0 fully saturated rings. The lowest BCUT2D eigenvalue weighted by Gasteiger charge is -2.15. The lowest BCUT2D eigenvalue weighted by molar-refractivity contribution is 0.174. The standard InChI is InChI=1S/C19H25NO2/c1-15(16-6-4-3-5-7-16)12-13-20-14-19(21)17-8-10-18(22-2)11-9-17/h3-11,15,19-21H,12-14H2,1-2H3. The Morgan fingerprint density at radius 1 is 1.00 bits per heavy atom. The van der Waals surface area contributed by atoms with Gasteiger partial charge in [0.1, 0.15) is 5.75 Å². The van der Waals surface area contributed by atoms with Gasteiger partial charge in [-0.15, -0.1) is 0 Å². The smallest absolute Gasteiger partial charge is 0.118 e. The second-order valence-electron chi connectivity index (χ2n) is 5.59. The van der Waals surface area contributed by atoms with Gasteiger partial charge in [0.25, 0.3) is 0 Å². The normalized spacial score (nSPS) is 13.6. The van der Waals surface area contributed by atoms with Gasteiger partial charge in [-0.3, -0.25) is 0 Å². The number of hydrogen-bond acceptors (Lipinski definition) is 3. The van der Waals surface area contributed by atoms with E-state index >= 15 is 0 Å². The zero-order valence-corrected chi connectivity index (χ0v) is 13.3. The Balaban J connectivity index is 1.71. The Morgan fingerprint density at radius 2 is 1.68 bits per heavy atom. The zero-order chi connectivity index (χ0) is 15.8. The first-order valence-corrected chi connectivity index (χ1v) is 7.78. The van der Waals surface area contributed by atoms with Crippen LogP contribution in [-0.4, -0.2) is 25.3 Å². The number of hydrogen-bond donors (Lipinski definition) is 2. The molecule has 2 unspecified atom stereocenters. The Morgan fingerprint density at radius 3 is 2.32 bits per heavy atom. The number of benzene rings is 2. The number of aliphatic hydroxyl groups is 1. The molecule has 0 bridgehead atoms. The molecular formula is C19H25NO2. The third kappa shape index (κ3) is 4.86. The maximum Gasteiger partial charge on any atom is 0.118 e. The summed E-state index contributed by atoms with van der Waals surface area (Å²) >= 11 is 0. The second-order valence-corrected chi connectivity index (χ2v) is 5.59. The largest absolute Gasteiger partial charge is 0.497 e. The SMILES string of the molecule is COc1ccc(C(O)CNCCC(C)c2ccccc2)cc1. The molecule has 0 aliphatic rings. The average Bonchev–Trinajstić information content (AvgIpc) is 2.59. The van der Waals surface area contributed by atoms with Gasteiger partial charge < -0.3 is 15.2 Å². The van der Waals surface area contributed by atoms with Crippen LogP contribution in [-0.2, 0) is 0 Å². The van der Waals surface area contributed by atoms with E-state index in [0.717, 1.165) is 24.3 Å². The van der Waals surface area contributed by atoms with E-state index in [-0.39, 0.29) is 0 Å². The summed E-state index contributed by atoms with van der Waals surface area (Å²) in [7, 11) is 1.64. The van der Waals surface area contributed by atoms with E-state index in [1.807, 2.05) is 30.3 Å². The molecule has 0 saturated carbocycles. The van der Waals surface area contributed by atoms with Crippen molar-refractivity contribution in [3.8, 4) is 5.75 Å². The first-order valence-electron chi connectivity index (χ1n) is 7.78. The highest BCUT2D eigenvalue weighted by Crippen LogP contribution is 2.19. The van der Waals surface area contributed by atoms with E-state index < -0.39 is 6.10 Å². The van der Waals surface area contributed by atoms with Crippen LogP contribution in [0.4, 0.5) is 0 Å². The minimum atomic E-state index is -0.488. The van der Waals surface area contributed by atoms with Crippen molar-refractivity contribution in [2.45, 2.75) is 25.4 Å². The van der Waals surface area contributed by atoms with Gasteiger partial charge in [-0.1, -0.05) is 49.4 Å². The minimum Gasteiger partial charge on any atom is -0.497 e. The number of aliphatic hydroxyl groups excluding tert-OH is 1. The van der Waals surface area contributed by atoms with Crippen molar-refractivity contribution in [3.05, 3.63) is 65.7 Å². The molecule has 3 heteroatoms. The van der Waals surface area contributed by atoms with Crippen molar-refractivity contribution in [2.75, 3.05) is 20.2 Å². The van der Waals surface area contributed by atoms with Crippen LogP contribution in [0.1, 0.15) is 36.5 Å². The highest BCUT2D eigenvalue weighted by atomic mass is 16.5. The van der Waals surface area contributed by atoms with Gasteiger partial charge in [-0.2, -0.15) is 0 Å². The second kappa shape index (κ2) is 8.57. The fourth-order valence-corrected chi connectivity index (χ4v) is 2.45. The molecule has 22 heavy (non-hydrogen) atoms. The molecule has 2 rings (SSSR count). The lowest BCUT2D eigenvalue weighted by Crippen LogP contribution is -2.23. The summed E-state index contributed by atoms with van der Waals surface area (Å²) in [5.74, 6) is 1.33. The summed E-state index contributed by atoms with van der Waals surface area (Å²) in [6.07, 6.45) is 0.567.